The van der Waals surface area contributed by atoms with E-state index in [2.05, 4.69) is 24.0 Å². The van der Waals surface area contributed by atoms with Crippen molar-refractivity contribution in [3.63, 3.8) is 0 Å². The number of fused-ring (bicyclic) bond motifs is 1. The Balaban J connectivity index is 1.45. The first-order valence-electron chi connectivity index (χ1n) is 8.64. The highest BCUT2D eigenvalue weighted by Gasteiger charge is 2.25. The van der Waals surface area contributed by atoms with Crippen molar-refractivity contribution >= 4 is 17.4 Å². The van der Waals surface area contributed by atoms with Gasteiger partial charge in [-0.15, -0.1) is 5.10 Å². The number of hydrogen-bond donors (Lipinski definition) is 0. The quantitative estimate of drug-likeness (QED) is 0.795. The van der Waals surface area contributed by atoms with E-state index in [4.69, 9.17) is 4.74 Å². The Kier molecular flexibility index (Phi) is 4.78. The van der Waals surface area contributed by atoms with Gasteiger partial charge in [-0.1, -0.05) is 4.49 Å². The molecule has 8 nitrogen and oxygen atoms in total. The average molecular weight is 362 g/mol. The second-order valence-electron chi connectivity index (χ2n) is 6.43. The third-order valence-electron chi connectivity index (χ3n) is 4.85. The van der Waals surface area contributed by atoms with Crippen molar-refractivity contribution in [1.29, 1.82) is 0 Å². The lowest BCUT2D eigenvalue weighted by molar-refractivity contribution is 0.0331. The molecule has 0 radical (unpaired) electrons. The number of morpholine rings is 1. The minimum absolute atomic E-state index is 0.0215. The van der Waals surface area contributed by atoms with Crippen molar-refractivity contribution in [1.82, 2.24) is 28.9 Å². The van der Waals surface area contributed by atoms with Crippen LogP contribution in [0.4, 0.5) is 0 Å². The van der Waals surface area contributed by atoms with Gasteiger partial charge in [0.2, 0.25) is 0 Å². The van der Waals surface area contributed by atoms with Crippen molar-refractivity contribution in [2.75, 3.05) is 39.4 Å². The van der Waals surface area contributed by atoms with E-state index >= 15 is 0 Å². The Bertz CT molecular complexity index is 752. The van der Waals surface area contributed by atoms with Gasteiger partial charge in [0.15, 0.2) is 5.69 Å². The van der Waals surface area contributed by atoms with Crippen LogP contribution < -0.4 is 0 Å². The number of ether oxygens (including phenoxy) is 1. The summed E-state index contributed by atoms with van der Waals surface area (Å²) in [6.07, 6.45) is 2.75. The lowest BCUT2D eigenvalue weighted by Crippen LogP contribution is -2.36. The molecule has 2 aromatic heterocycles. The molecule has 0 aromatic carbocycles. The third kappa shape index (κ3) is 3.44. The van der Waals surface area contributed by atoms with Gasteiger partial charge in [0.25, 0.3) is 5.91 Å². The van der Waals surface area contributed by atoms with Crippen LogP contribution in [0.15, 0.2) is 6.20 Å². The molecule has 25 heavy (non-hydrogen) atoms. The zero-order valence-corrected chi connectivity index (χ0v) is 15.2. The zero-order valence-electron chi connectivity index (χ0n) is 14.3. The summed E-state index contributed by atoms with van der Waals surface area (Å²) in [5.41, 5.74) is 1.70. The Labute approximate surface area is 150 Å². The topological polar surface area (TPSA) is 76.4 Å². The van der Waals surface area contributed by atoms with Crippen molar-refractivity contribution in [3.8, 4) is 0 Å². The van der Waals surface area contributed by atoms with Crippen LogP contribution in [0.2, 0.25) is 0 Å². The monoisotopic (exact) mass is 362 g/mol. The van der Waals surface area contributed by atoms with E-state index in [0.717, 1.165) is 56.5 Å². The third-order valence-corrected chi connectivity index (χ3v) is 5.48. The molecule has 0 N–H and O–H groups in total. The fraction of sp³-hybridized carbons (Fsp3) is 0.625. The fourth-order valence-electron chi connectivity index (χ4n) is 3.39. The highest BCUT2D eigenvalue weighted by atomic mass is 32.1. The summed E-state index contributed by atoms with van der Waals surface area (Å²) in [5, 5.41) is 3.99. The molecule has 1 amide bonds. The first-order valence-corrected chi connectivity index (χ1v) is 9.41. The summed E-state index contributed by atoms with van der Waals surface area (Å²) < 4.78 is 11.6. The van der Waals surface area contributed by atoms with Crippen LogP contribution >= 0.6 is 11.5 Å². The van der Waals surface area contributed by atoms with Crippen molar-refractivity contribution in [2.24, 2.45) is 0 Å². The molecular formula is C16H22N6O2S. The lowest BCUT2D eigenvalue weighted by atomic mass is 10.3. The van der Waals surface area contributed by atoms with Crippen LogP contribution in [0.5, 0.6) is 0 Å². The molecule has 0 unspecified atom stereocenters. The van der Waals surface area contributed by atoms with E-state index in [1.54, 1.807) is 0 Å². The Hall–Kier alpha value is -1.84. The van der Waals surface area contributed by atoms with Gasteiger partial charge in [0.1, 0.15) is 5.82 Å². The Morgan fingerprint density at radius 1 is 1.24 bits per heavy atom. The minimum atomic E-state index is -0.0215. The van der Waals surface area contributed by atoms with Gasteiger partial charge < -0.3 is 14.2 Å². The molecular weight excluding hydrogens is 340 g/mol. The SMILES string of the molecule is Cc1snnc1C(=O)N1CCc2ncc(CN3CCOCC3)n2CC1. The Morgan fingerprint density at radius 2 is 2.08 bits per heavy atom. The van der Waals surface area contributed by atoms with Gasteiger partial charge in [-0.2, -0.15) is 0 Å². The summed E-state index contributed by atoms with van der Waals surface area (Å²) >= 11 is 1.27. The van der Waals surface area contributed by atoms with Crippen LogP contribution in [0, 0.1) is 6.92 Å². The number of hydrogen-bond acceptors (Lipinski definition) is 7. The molecule has 1 fully saturated rings. The molecule has 4 heterocycles. The molecule has 0 aliphatic carbocycles. The van der Waals surface area contributed by atoms with Gasteiger partial charge >= 0.3 is 0 Å². The highest BCUT2D eigenvalue weighted by molar-refractivity contribution is 7.05. The maximum atomic E-state index is 12.7. The number of imidazole rings is 1. The number of carbonyl (C=O) groups excluding carboxylic acids is 1. The second-order valence-corrected chi connectivity index (χ2v) is 7.38. The maximum Gasteiger partial charge on any atom is 0.275 e. The van der Waals surface area contributed by atoms with E-state index in [-0.39, 0.29) is 5.91 Å². The first-order chi connectivity index (χ1) is 12.2. The van der Waals surface area contributed by atoms with Crippen LogP contribution in [-0.4, -0.2) is 74.2 Å². The summed E-state index contributed by atoms with van der Waals surface area (Å²) in [4.78, 5) is 22.4. The average Bonchev–Trinajstić information content (AvgIpc) is 3.15. The number of amides is 1. The number of aromatic nitrogens is 4. The summed E-state index contributed by atoms with van der Waals surface area (Å²) in [6, 6.07) is 0. The van der Waals surface area contributed by atoms with Crippen LogP contribution in [0.25, 0.3) is 0 Å². The van der Waals surface area contributed by atoms with Crippen LogP contribution in [0.1, 0.15) is 26.9 Å². The molecule has 9 heteroatoms. The normalized spacial score (nSPS) is 18.8. The molecule has 0 saturated carbocycles. The van der Waals surface area contributed by atoms with E-state index < -0.39 is 0 Å². The lowest BCUT2D eigenvalue weighted by Gasteiger charge is -2.27. The first kappa shape index (κ1) is 16.6. The summed E-state index contributed by atoms with van der Waals surface area (Å²) in [7, 11) is 0. The van der Waals surface area contributed by atoms with Crippen molar-refractivity contribution < 1.29 is 9.53 Å². The molecule has 0 atom stereocenters. The minimum Gasteiger partial charge on any atom is -0.379 e. The van der Waals surface area contributed by atoms with Crippen LogP contribution in [0.3, 0.4) is 0 Å². The van der Waals surface area contributed by atoms with Crippen molar-refractivity contribution in [2.45, 2.75) is 26.4 Å². The van der Waals surface area contributed by atoms with E-state index in [9.17, 15) is 4.79 Å². The molecule has 134 valence electrons. The molecule has 4 rings (SSSR count). The summed E-state index contributed by atoms with van der Waals surface area (Å²) in [5.74, 6) is 1.04. The van der Waals surface area contributed by atoms with Gasteiger partial charge in [-0.3, -0.25) is 9.69 Å². The smallest absolute Gasteiger partial charge is 0.275 e. The summed E-state index contributed by atoms with van der Waals surface area (Å²) in [6.45, 7) is 8.41. The van der Waals surface area contributed by atoms with Crippen LogP contribution in [-0.2, 0) is 24.2 Å². The molecule has 0 spiro atoms. The highest BCUT2D eigenvalue weighted by Crippen LogP contribution is 2.17. The van der Waals surface area contributed by atoms with Gasteiger partial charge in [-0.05, 0) is 18.5 Å². The largest absolute Gasteiger partial charge is 0.379 e. The predicted molar refractivity (Wildman–Crippen MR) is 92.6 cm³/mol. The second kappa shape index (κ2) is 7.19. The zero-order chi connectivity index (χ0) is 17.2. The number of aryl methyl sites for hydroxylation is 1. The maximum absolute atomic E-state index is 12.7. The standard InChI is InChI=1S/C16H22N6O2S/c1-12-15(18-19-25-12)16(23)21-3-2-14-17-10-13(22(14)5-4-21)11-20-6-8-24-9-7-20/h10H,2-9,11H2,1H3. The molecule has 0 bridgehead atoms. The van der Waals surface area contributed by atoms with E-state index in [1.165, 1.54) is 17.2 Å². The Morgan fingerprint density at radius 3 is 2.84 bits per heavy atom. The molecule has 2 aromatic rings. The number of rotatable bonds is 3. The van der Waals surface area contributed by atoms with Crippen molar-refractivity contribution in [3.05, 3.63) is 28.3 Å². The van der Waals surface area contributed by atoms with E-state index in [0.29, 0.717) is 18.8 Å². The van der Waals surface area contributed by atoms with Gasteiger partial charge in [0, 0.05) is 51.9 Å². The van der Waals surface area contributed by atoms with Gasteiger partial charge in [-0.25, -0.2) is 4.98 Å². The molecule has 2 aliphatic heterocycles. The van der Waals surface area contributed by atoms with Gasteiger partial charge in [0.05, 0.1) is 23.8 Å². The number of carbonyl (C=O) groups is 1. The predicted octanol–water partition coefficient (Wildman–Crippen LogP) is 0.574. The number of nitrogens with zero attached hydrogens (tertiary/aromatic N) is 6. The van der Waals surface area contributed by atoms with E-state index in [1.807, 2.05) is 18.0 Å². The molecule has 1 saturated heterocycles. The molecule has 2 aliphatic rings. The fourth-order valence-corrected chi connectivity index (χ4v) is 3.85.